The maximum Gasteiger partial charge on any atom is 0.183 e. The molecule has 0 saturated carbocycles. The smallest absolute Gasteiger partial charge is 0.183 e. The predicted octanol–water partition coefficient (Wildman–Crippen LogP) is -1.55. The van der Waals surface area contributed by atoms with Crippen LogP contribution >= 0.6 is 0 Å². The molecule has 4 unspecified atom stereocenters. The van der Waals surface area contributed by atoms with Gasteiger partial charge in [-0.15, -0.1) is 0 Å². The second kappa shape index (κ2) is 4.88. The molecule has 1 fully saturated rings. The summed E-state index contributed by atoms with van der Waals surface area (Å²) in [4.78, 5) is 0. The lowest BCUT2D eigenvalue weighted by Gasteiger charge is -2.35. The van der Waals surface area contributed by atoms with Crippen LogP contribution in [-0.2, 0) is 4.74 Å². The average molecular weight is 192 g/mol. The Kier molecular flexibility index (Phi) is 4.08. The molecule has 0 aromatic heterocycles. The Morgan fingerprint density at radius 3 is 2.46 bits per heavy atom. The number of aliphatic hydroxyl groups excluding tert-OH is 4. The van der Waals surface area contributed by atoms with Crippen LogP contribution in [0, 0.1) is 5.92 Å². The van der Waals surface area contributed by atoms with E-state index in [0.717, 1.165) is 0 Å². The van der Waals surface area contributed by atoms with E-state index in [0.29, 0.717) is 12.8 Å². The molecule has 0 aliphatic carbocycles. The summed E-state index contributed by atoms with van der Waals surface area (Å²) in [7, 11) is 0. The number of rotatable bonds is 3. The standard InChI is InChI=1S/C8H16O5/c9-3-1-2-5-4-13-8(12)7(11)6(5)10/h5-12H,1-4H2. The fourth-order valence-corrected chi connectivity index (χ4v) is 1.47. The first-order chi connectivity index (χ1) is 6.16. The summed E-state index contributed by atoms with van der Waals surface area (Å²) < 4.78 is 4.83. The molecule has 78 valence electrons. The van der Waals surface area contributed by atoms with E-state index < -0.39 is 18.5 Å². The predicted molar refractivity (Wildman–Crippen MR) is 43.8 cm³/mol. The Balaban J connectivity index is 2.39. The van der Waals surface area contributed by atoms with Gasteiger partial charge in [0.1, 0.15) is 6.10 Å². The zero-order valence-corrected chi connectivity index (χ0v) is 7.33. The summed E-state index contributed by atoms with van der Waals surface area (Å²) in [5.74, 6) is -0.203. The van der Waals surface area contributed by atoms with Crippen molar-refractivity contribution in [1.29, 1.82) is 0 Å². The van der Waals surface area contributed by atoms with Crippen molar-refractivity contribution in [2.75, 3.05) is 13.2 Å². The highest BCUT2D eigenvalue weighted by Crippen LogP contribution is 2.22. The molecule has 0 aromatic rings. The Bertz CT molecular complexity index is 149. The minimum Gasteiger partial charge on any atom is -0.396 e. The molecule has 0 radical (unpaired) electrons. The highest BCUT2D eigenvalue weighted by Gasteiger charge is 2.36. The van der Waals surface area contributed by atoms with Crippen molar-refractivity contribution in [3.8, 4) is 0 Å². The molecule has 1 aliphatic rings. The maximum absolute atomic E-state index is 9.46. The lowest BCUT2D eigenvalue weighted by Crippen LogP contribution is -2.49. The lowest BCUT2D eigenvalue weighted by molar-refractivity contribution is -0.240. The average Bonchev–Trinajstić information content (AvgIpc) is 2.13. The first-order valence-electron chi connectivity index (χ1n) is 4.43. The number of hydrogen-bond acceptors (Lipinski definition) is 5. The third-order valence-electron chi connectivity index (χ3n) is 2.34. The topological polar surface area (TPSA) is 90.2 Å². The van der Waals surface area contributed by atoms with Gasteiger partial charge in [0, 0.05) is 12.5 Å². The van der Waals surface area contributed by atoms with E-state index in [4.69, 9.17) is 14.9 Å². The van der Waals surface area contributed by atoms with Crippen LogP contribution in [-0.4, -0.2) is 52.1 Å². The number of ether oxygens (including phenoxy) is 1. The van der Waals surface area contributed by atoms with Crippen molar-refractivity contribution < 1.29 is 25.2 Å². The molecule has 1 rings (SSSR count). The molecule has 4 atom stereocenters. The van der Waals surface area contributed by atoms with E-state index in [1.54, 1.807) is 0 Å². The molecule has 0 amide bonds. The molecule has 1 saturated heterocycles. The van der Waals surface area contributed by atoms with E-state index >= 15 is 0 Å². The van der Waals surface area contributed by atoms with Crippen molar-refractivity contribution in [2.45, 2.75) is 31.3 Å². The van der Waals surface area contributed by atoms with Crippen LogP contribution in [0.5, 0.6) is 0 Å². The van der Waals surface area contributed by atoms with Crippen LogP contribution < -0.4 is 0 Å². The monoisotopic (exact) mass is 192 g/mol. The van der Waals surface area contributed by atoms with Crippen LogP contribution in [0.4, 0.5) is 0 Å². The van der Waals surface area contributed by atoms with Crippen molar-refractivity contribution >= 4 is 0 Å². The molecule has 5 heteroatoms. The highest BCUT2D eigenvalue weighted by molar-refractivity contribution is 4.81. The van der Waals surface area contributed by atoms with Gasteiger partial charge in [-0.25, -0.2) is 0 Å². The van der Waals surface area contributed by atoms with Crippen LogP contribution in [0.2, 0.25) is 0 Å². The molecule has 1 heterocycles. The Morgan fingerprint density at radius 1 is 1.15 bits per heavy atom. The highest BCUT2D eigenvalue weighted by atomic mass is 16.6. The first-order valence-corrected chi connectivity index (χ1v) is 4.43. The minimum atomic E-state index is -1.29. The second-order valence-corrected chi connectivity index (χ2v) is 3.33. The van der Waals surface area contributed by atoms with Crippen molar-refractivity contribution in [2.24, 2.45) is 5.92 Å². The van der Waals surface area contributed by atoms with Crippen molar-refractivity contribution in [3.63, 3.8) is 0 Å². The van der Waals surface area contributed by atoms with Gasteiger partial charge >= 0.3 is 0 Å². The van der Waals surface area contributed by atoms with Gasteiger partial charge in [0.15, 0.2) is 6.29 Å². The largest absolute Gasteiger partial charge is 0.396 e. The summed E-state index contributed by atoms with van der Waals surface area (Å²) in [5.41, 5.74) is 0. The summed E-state index contributed by atoms with van der Waals surface area (Å²) in [6.45, 7) is 0.279. The zero-order chi connectivity index (χ0) is 9.84. The van der Waals surface area contributed by atoms with E-state index in [9.17, 15) is 10.2 Å². The third-order valence-corrected chi connectivity index (χ3v) is 2.34. The van der Waals surface area contributed by atoms with E-state index in [1.165, 1.54) is 0 Å². The van der Waals surface area contributed by atoms with Gasteiger partial charge in [-0.1, -0.05) is 0 Å². The van der Waals surface area contributed by atoms with Gasteiger partial charge in [0.05, 0.1) is 12.7 Å². The molecule has 0 aromatic carbocycles. The summed E-state index contributed by atoms with van der Waals surface area (Å²) in [6, 6.07) is 0. The molecule has 5 nitrogen and oxygen atoms in total. The van der Waals surface area contributed by atoms with E-state index in [2.05, 4.69) is 0 Å². The third kappa shape index (κ3) is 2.62. The van der Waals surface area contributed by atoms with Crippen molar-refractivity contribution in [1.82, 2.24) is 0 Å². The Morgan fingerprint density at radius 2 is 1.85 bits per heavy atom. The minimum absolute atomic E-state index is 0.0574. The van der Waals surface area contributed by atoms with Gasteiger partial charge < -0.3 is 25.2 Å². The fourth-order valence-electron chi connectivity index (χ4n) is 1.47. The van der Waals surface area contributed by atoms with Gasteiger partial charge in [-0.3, -0.25) is 0 Å². The van der Waals surface area contributed by atoms with Gasteiger partial charge in [-0.2, -0.15) is 0 Å². The van der Waals surface area contributed by atoms with Gasteiger partial charge in [0.25, 0.3) is 0 Å². The van der Waals surface area contributed by atoms with Crippen LogP contribution in [0.15, 0.2) is 0 Å². The fraction of sp³-hybridized carbons (Fsp3) is 1.00. The molecule has 4 N–H and O–H groups in total. The summed E-state index contributed by atoms with van der Waals surface area (Å²) in [5, 5.41) is 36.3. The molecule has 13 heavy (non-hydrogen) atoms. The van der Waals surface area contributed by atoms with Crippen LogP contribution in [0.1, 0.15) is 12.8 Å². The van der Waals surface area contributed by atoms with Crippen LogP contribution in [0.25, 0.3) is 0 Å². The lowest BCUT2D eigenvalue weighted by atomic mass is 9.91. The SMILES string of the molecule is OCCCC1COC(O)C(O)C1O. The van der Waals surface area contributed by atoms with E-state index in [1.807, 2.05) is 0 Å². The maximum atomic E-state index is 9.46. The molecular weight excluding hydrogens is 176 g/mol. The quantitative estimate of drug-likeness (QED) is 0.434. The summed E-state index contributed by atoms with van der Waals surface area (Å²) in [6.07, 6.45) is -2.34. The molecular formula is C8H16O5. The number of hydrogen-bond donors (Lipinski definition) is 4. The van der Waals surface area contributed by atoms with Crippen LogP contribution in [0.3, 0.4) is 0 Å². The summed E-state index contributed by atoms with van der Waals surface area (Å²) >= 11 is 0. The molecule has 0 spiro atoms. The Labute approximate surface area is 76.6 Å². The Hall–Kier alpha value is -0.200. The van der Waals surface area contributed by atoms with Gasteiger partial charge in [0.2, 0.25) is 0 Å². The van der Waals surface area contributed by atoms with Gasteiger partial charge in [-0.05, 0) is 12.8 Å². The van der Waals surface area contributed by atoms with E-state index in [-0.39, 0.29) is 19.1 Å². The second-order valence-electron chi connectivity index (χ2n) is 3.33. The molecule has 1 aliphatic heterocycles. The van der Waals surface area contributed by atoms with Crippen molar-refractivity contribution in [3.05, 3.63) is 0 Å². The number of aliphatic hydroxyl groups is 4. The zero-order valence-electron chi connectivity index (χ0n) is 7.33. The normalized spacial score (nSPS) is 40.6. The first kappa shape index (κ1) is 10.9. The molecule has 0 bridgehead atoms.